The number of nitrogens with zero attached hydrogens (tertiary/aromatic N) is 3. The van der Waals surface area contributed by atoms with Crippen LogP contribution in [0.15, 0.2) is 101 Å². The van der Waals surface area contributed by atoms with Crippen molar-refractivity contribution in [2.75, 3.05) is 5.01 Å². The zero-order valence-electron chi connectivity index (χ0n) is 16.4. The molecule has 3 aromatic carbocycles. The zero-order valence-corrected chi connectivity index (χ0v) is 16.4. The van der Waals surface area contributed by atoms with E-state index in [1.165, 1.54) is 5.01 Å². The summed E-state index contributed by atoms with van der Waals surface area (Å²) in [5, 5.41) is 10.2. The molecule has 1 heterocycles. The lowest BCUT2D eigenvalue weighted by atomic mass is 9.93. The van der Waals surface area contributed by atoms with E-state index in [2.05, 4.69) is 15.6 Å². The summed E-state index contributed by atoms with van der Waals surface area (Å²) in [5.41, 5.74) is 5.61. The predicted molar refractivity (Wildman–Crippen MR) is 117 cm³/mol. The highest BCUT2D eigenvalue weighted by Crippen LogP contribution is 2.27. The highest BCUT2D eigenvalue weighted by Gasteiger charge is 2.39. The normalized spacial score (nSPS) is 16.4. The SMILES string of the molecule is C/C(=N\NC(=O)c1ccccc1)C1C(=O)N(c2ccccc2)N=C1c1ccccc1. The number of benzene rings is 3. The second-order valence-corrected chi connectivity index (χ2v) is 6.83. The number of hydrogen-bond acceptors (Lipinski definition) is 4. The van der Waals surface area contributed by atoms with Crippen LogP contribution in [0.3, 0.4) is 0 Å². The summed E-state index contributed by atoms with van der Waals surface area (Å²) < 4.78 is 0. The maximum atomic E-state index is 13.3. The van der Waals surface area contributed by atoms with Crippen LogP contribution in [-0.4, -0.2) is 23.2 Å². The Kier molecular flexibility index (Phi) is 5.48. The highest BCUT2D eigenvalue weighted by molar-refractivity contribution is 6.32. The molecule has 0 radical (unpaired) electrons. The van der Waals surface area contributed by atoms with Gasteiger partial charge in [0.25, 0.3) is 11.8 Å². The average molecular weight is 396 g/mol. The molecule has 0 aromatic heterocycles. The zero-order chi connectivity index (χ0) is 20.9. The predicted octanol–water partition coefficient (Wildman–Crippen LogP) is 3.86. The van der Waals surface area contributed by atoms with E-state index in [0.29, 0.717) is 22.7 Å². The molecule has 1 aliphatic heterocycles. The van der Waals surface area contributed by atoms with Crippen molar-refractivity contribution in [1.29, 1.82) is 0 Å². The Morgan fingerprint density at radius 3 is 2.10 bits per heavy atom. The maximum absolute atomic E-state index is 13.3. The number of hydrazone groups is 2. The molecular formula is C24H20N4O2. The molecule has 148 valence electrons. The molecule has 1 unspecified atom stereocenters. The standard InChI is InChI=1S/C24H20N4O2/c1-17(25-26-23(29)19-13-7-3-8-14-19)21-22(18-11-5-2-6-12-18)27-28(24(21)30)20-15-9-4-10-16-20/h2-16,21H,1H3,(H,26,29)/b25-17+. The Morgan fingerprint density at radius 1 is 0.900 bits per heavy atom. The molecule has 6 nitrogen and oxygen atoms in total. The first-order valence-corrected chi connectivity index (χ1v) is 9.57. The van der Waals surface area contributed by atoms with E-state index >= 15 is 0 Å². The van der Waals surface area contributed by atoms with Gasteiger partial charge in [0, 0.05) is 5.56 Å². The lowest BCUT2D eigenvalue weighted by Gasteiger charge is -2.14. The molecular weight excluding hydrogens is 376 g/mol. The molecule has 2 amide bonds. The second kappa shape index (κ2) is 8.53. The molecule has 1 N–H and O–H groups in total. The minimum atomic E-state index is -0.691. The molecule has 0 spiro atoms. The van der Waals surface area contributed by atoms with Gasteiger partial charge in [-0.05, 0) is 36.8 Å². The van der Waals surface area contributed by atoms with Gasteiger partial charge in [-0.1, -0.05) is 66.7 Å². The minimum absolute atomic E-state index is 0.213. The summed E-state index contributed by atoms with van der Waals surface area (Å²) in [5.74, 6) is -1.24. The molecule has 4 rings (SSSR count). The van der Waals surface area contributed by atoms with Crippen LogP contribution < -0.4 is 10.4 Å². The third-order valence-corrected chi connectivity index (χ3v) is 4.79. The van der Waals surface area contributed by atoms with E-state index in [1.54, 1.807) is 31.2 Å². The molecule has 6 heteroatoms. The first-order valence-electron chi connectivity index (χ1n) is 9.57. The number of anilines is 1. The monoisotopic (exact) mass is 396 g/mol. The molecule has 0 saturated heterocycles. The number of carbonyl (C=O) groups is 2. The fraction of sp³-hybridized carbons (Fsp3) is 0.0833. The topological polar surface area (TPSA) is 74.1 Å². The number of nitrogens with one attached hydrogen (secondary N) is 1. The third kappa shape index (κ3) is 3.89. The number of rotatable bonds is 5. The summed E-state index contributed by atoms with van der Waals surface area (Å²) in [6, 6.07) is 27.6. The van der Waals surface area contributed by atoms with E-state index in [1.807, 2.05) is 66.7 Å². The van der Waals surface area contributed by atoms with Crippen molar-refractivity contribution < 1.29 is 9.59 Å². The average Bonchev–Trinajstić information content (AvgIpc) is 3.16. The van der Waals surface area contributed by atoms with Gasteiger partial charge in [0.05, 0.1) is 17.1 Å². The van der Waals surface area contributed by atoms with Gasteiger partial charge < -0.3 is 0 Å². The largest absolute Gasteiger partial charge is 0.271 e. The minimum Gasteiger partial charge on any atom is -0.271 e. The van der Waals surface area contributed by atoms with Gasteiger partial charge in [-0.2, -0.15) is 15.2 Å². The fourth-order valence-electron chi connectivity index (χ4n) is 3.28. The van der Waals surface area contributed by atoms with Gasteiger partial charge in [0.2, 0.25) is 0 Å². The highest BCUT2D eigenvalue weighted by atomic mass is 16.2. The van der Waals surface area contributed by atoms with Crippen LogP contribution in [0, 0.1) is 5.92 Å². The molecule has 0 fully saturated rings. The van der Waals surface area contributed by atoms with Gasteiger partial charge in [-0.3, -0.25) is 9.59 Å². The molecule has 0 saturated carbocycles. The summed E-state index contributed by atoms with van der Waals surface area (Å²) in [4.78, 5) is 25.6. The lowest BCUT2D eigenvalue weighted by Crippen LogP contribution is -2.34. The van der Waals surface area contributed by atoms with Crippen molar-refractivity contribution in [3.05, 3.63) is 102 Å². The van der Waals surface area contributed by atoms with E-state index in [-0.39, 0.29) is 11.8 Å². The molecule has 3 aromatic rings. The van der Waals surface area contributed by atoms with Crippen molar-refractivity contribution in [2.24, 2.45) is 16.1 Å². The molecule has 1 atom stereocenters. The van der Waals surface area contributed by atoms with E-state index < -0.39 is 5.92 Å². The van der Waals surface area contributed by atoms with Crippen LogP contribution in [0.1, 0.15) is 22.8 Å². The van der Waals surface area contributed by atoms with Crippen LogP contribution in [0.2, 0.25) is 0 Å². The fourth-order valence-corrected chi connectivity index (χ4v) is 3.28. The Morgan fingerprint density at radius 2 is 1.47 bits per heavy atom. The van der Waals surface area contributed by atoms with Crippen molar-refractivity contribution in [3.8, 4) is 0 Å². The van der Waals surface area contributed by atoms with Crippen molar-refractivity contribution in [2.45, 2.75) is 6.92 Å². The van der Waals surface area contributed by atoms with E-state index in [9.17, 15) is 9.59 Å². The molecule has 0 bridgehead atoms. The Hall–Kier alpha value is -4.06. The lowest BCUT2D eigenvalue weighted by molar-refractivity contribution is -0.118. The summed E-state index contributed by atoms with van der Waals surface area (Å²) in [7, 11) is 0. The smallest absolute Gasteiger partial charge is 0.271 e. The molecule has 30 heavy (non-hydrogen) atoms. The van der Waals surface area contributed by atoms with Gasteiger partial charge in [0.15, 0.2) is 0 Å². The van der Waals surface area contributed by atoms with Crippen LogP contribution in [0.25, 0.3) is 0 Å². The van der Waals surface area contributed by atoms with Crippen LogP contribution >= 0.6 is 0 Å². The number of amides is 2. The van der Waals surface area contributed by atoms with Crippen LogP contribution in [0.4, 0.5) is 5.69 Å². The van der Waals surface area contributed by atoms with Crippen molar-refractivity contribution in [1.82, 2.24) is 5.43 Å². The second-order valence-electron chi connectivity index (χ2n) is 6.83. The van der Waals surface area contributed by atoms with E-state index in [4.69, 9.17) is 0 Å². The van der Waals surface area contributed by atoms with Crippen LogP contribution in [-0.2, 0) is 4.79 Å². The Bertz CT molecular complexity index is 1110. The first-order chi connectivity index (χ1) is 14.6. The van der Waals surface area contributed by atoms with Gasteiger partial charge in [-0.25, -0.2) is 5.43 Å². The van der Waals surface area contributed by atoms with Crippen molar-refractivity contribution >= 4 is 28.9 Å². The van der Waals surface area contributed by atoms with E-state index in [0.717, 1.165) is 5.56 Å². The maximum Gasteiger partial charge on any atom is 0.271 e. The van der Waals surface area contributed by atoms with Gasteiger partial charge >= 0.3 is 0 Å². The summed E-state index contributed by atoms with van der Waals surface area (Å²) in [6.07, 6.45) is 0. The van der Waals surface area contributed by atoms with Gasteiger partial charge in [0.1, 0.15) is 5.92 Å². The van der Waals surface area contributed by atoms with Crippen molar-refractivity contribution in [3.63, 3.8) is 0 Å². The first kappa shape index (κ1) is 19.3. The quantitative estimate of drug-likeness (QED) is 0.525. The summed E-state index contributed by atoms with van der Waals surface area (Å²) >= 11 is 0. The molecule has 0 aliphatic carbocycles. The Balaban J connectivity index is 1.65. The third-order valence-electron chi connectivity index (χ3n) is 4.79. The number of hydrogen-bond donors (Lipinski definition) is 1. The van der Waals surface area contributed by atoms with Crippen LogP contribution in [0.5, 0.6) is 0 Å². The van der Waals surface area contributed by atoms with Gasteiger partial charge in [-0.15, -0.1) is 0 Å². The molecule has 1 aliphatic rings. The Labute approximate surface area is 174 Å². The number of para-hydroxylation sites is 1. The summed E-state index contributed by atoms with van der Waals surface area (Å²) in [6.45, 7) is 1.72. The number of carbonyl (C=O) groups excluding carboxylic acids is 2.